The molecule has 2 aliphatic heterocycles. The summed E-state index contributed by atoms with van der Waals surface area (Å²) in [7, 11) is 1.67. The predicted octanol–water partition coefficient (Wildman–Crippen LogP) is 2.74. The molecule has 0 bridgehead atoms. The predicted molar refractivity (Wildman–Crippen MR) is 109 cm³/mol. The Morgan fingerprint density at radius 2 is 1.60 bits per heavy atom. The topological polar surface area (TPSA) is 76.2 Å². The van der Waals surface area contributed by atoms with Gasteiger partial charge >= 0.3 is 0 Å². The third kappa shape index (κ3) is 3.40. The van der Waals surface area contributed by atoms with Crippen molar-refractivity contribution in [3.63, 3.8) is 0 Å². The van der Waals surface area contributed by atoms with E-state index in [1.54, 1.807) is 36.2 Å². The molecule has 1 unspecified atom stereocenters. The maximum absolute atomic E-state index is 13.3. The number of nitrogens with zero attached hydrogens (tertiary/aromatic N) is 2. The molecule has 2 aromatic rings. The van der Waals surface area contributed by atoms with Crippen LogP contribution in [-0.2, 0) is 11.3 Å². The Labute approximate surface area is 175 Å². The minimum absolute atomic E-state index is 0.234. The van der Waals surface area contributed by atoms with E-state index in [0.717, 1.165) is 10.5 Å². The van der Waals surface area contributed by atoms with Crippen LogP contribution < -0.4 is 9.47 Å². The van der Waals surface area contributed by atoms with E-state index in [4.69, 9.17) is 9.47 Å². The lowest BCUT2D eigenvalue weighted by atomic mass is 10.0. The number of imide groups is 1. The first kappa shape index (κ1) is 19.9. The Morgan fingerprint density at radius 1 is 1.00 bits per heavy atom. The normalized spacial score (nSPS) is 15.9. The van der Waals surface area contributed by atoms with Crippen molar-refractivity contribution >= 4 is 17.7 Å². The number of rotatable bonds is 5. The van der Waals surface area contributed by atoms with Crippen molar-refractivity contribution in [2.24, 2.45) is 5.92 Å². The summed E-state index contributed by atoms with van der Waals surface area (Å²) in [5, 5.41) is 0. The van der Waals surface area contributed by atoms with Gasteiger partial charge in [-0.25, -0.2) is 0 Å². The summed E-state index contributed by atoms with van der Waals surface area (Å²) in [6.07, 6.45) is 0. The summed E-state index contributed by atoms with van der Waals surface area (Å²) < 4.78 is 11.1. The molecule has 1 atom stereocenters. The summed E-state index contributed by atoms with van der Waals surface area (Å²) in [5.41, 5.74) is 1.56. The number of fused-ring (bicyclic) bond motifs is 2. The molecular formula is C23H24N2O5. The SMILES string of the molecule is CC(C)C(C(=O)N(C)Cc1ccc2c(c1)OCCO2)N1C(=O)c2ccccc2C1=O. The van der Waals surface area contributed by atoms with Gasteiger partial charge in [-0.3, -0.25) is 19.3 Å². The van der Waals surface area contributed by atoms with Crippen LogP contribution in [0.3, 0.4) is 0 Å². The first-order chi connectivity index (χ1) is 14.4. The highest BCUT2D eigenvalue weighted by molar-refractivity contribution is 6.22. The van der Waals surface area contributed by atoms with Gasteiger partial charge in [0.2, 0.25) is 5.91 Å². The molecule has 7 nitrogen and oxygen atoms in total. The van der Waals surface area contributed by atoms with Crippen LogP contribution in [0.1, 0.15) is 40.1 Å². The zero-order valence-corrected chi connectivity index (χ0v) is 17.3. The molecule has 156 valence electrons. The van der Waals surface area contributed by atoms with Gasteiger partial charge in [0.25, 0.3) is 11.8 Å². The lowest BCUT2D eigenvalue weighted by molar-refractivity contribution is -0.136. The summed E-state index contributed by atoms with van der Waals surface area (Å²) in [6, 6.07) is 11.4. The molecule has 2 aromatic carbocycles. The Morgan fingerprint density at radius 3 is 2.20 bits per heavy atom. The molecule has 0 saturated carbocycles. The molecule has 0 saturated heterocycles. The molecule has 2 aliphatic rings. The van der Waals surface area contributed by atoms with Crippen LogP contribution in [0.15, 0.2) is 42.5 Å². The van der Waals surface area contributed by atoms with Crippen LogP contribution in [0.5, 0.6) is 11.5 Å². The smallest absolute Gasteiger partial charge is 0.262 e. The Balaban J connectivity index is 1.56. The summed E-state index contributed by atoms with van der Waals surface area (Å²) in [4.78, 5) is 41.8. The molecule has 30 heavy (non-hydrogen) atoms. The quantitative estimate of drug-likeness (QED) is 0.711. The average Bonchev–Trinajstić information content (AvgIpc) is 2.99. The van der Waals surface area contributed by atoms with Gasteiger partial charge in [0.05, 0.1) is 11.1 Å². The minimum atomic E-state index is -0.875. The Kier molecular flexibility index (Phi) is 5.20. The summed E-state index contributed by atoms with van der Waals surface area (Å²) in [6.45, 7) is 5.00. The molecule has 0 aromatic heterocycles. The molecular weight excluding hydrogens is 384 g/mol. The Bertz CT molecular complexity index is 981. The monoisotopic (exact) mass is 408 g/mol. The number of hydrogen-bond acceptors (Lipinski definition) is 5. The third-order valence-electron chi connectivity index (χ3n) is 5.39. The second-order valence-corrected chi connectivity index (χ2v) is 7.89. The fraction of sp³-hybridized carbons (Fsp3) is 0.348. The van der Waals surface area contributed by atoms with Gasteiger partial charge < -0.3 is 14.4 Å². The molecule has 0 N–H and O–H groups in total. The van der Waals surface area contributed by atoms with Crippen LogP contribution in [-0.4, -0.2) is 53.8 Å². The first-order valence-electron chi connectivity index (χ1n) is 9.99. The van der Waals surface area contributed by atoms with Crippen molar-refractivity contribution in [1.82, 2.24) is 9.80 Å². The fourth-order valence-electron chi connectivity index (χ4n) is 3.92. The van der Waals surface area contributed by atoms with Crippen LogP contribution in [0, 0.1) is 5.92 Å². The summed E-state index contributed by atoms with van der Waals surface area (Å²) >= 11 is 0. The van der Waals surface area contributed by atoms with Gasteiger partial charge in [-0.1, -0.05) is 32.0 Å². The third-order valence-corrected chi connectivity index (χ3v) is 5.39. The van der Waals surface area contributed by atoms with E-state index in [1.807, 2.05) is 32.0 Å². The van der Waals surface area contributed by atoms with Crippen molar-refractivity contribution in [2.75, 3.05) is 20.3 Å². The highest BCUT2D eigenvalue weighted by atomic mass is 16.6. The van der Waals surface area contributed by atoms with E-state index in [0.29, 0.717) is 42.4 Å². The first-order valence-corrected chi connectivity index (χ1v) is 9.99. The van der Waals surface area contributed by atoms with Crippen molar-refractivity contribution in [1.29, 1.82) is 0 Å². The van der Waals surface area contributed by atoms with Gasteiger partial charge in [-0.2, -0.15) is 0 Å². The minimum Gasteiger partial charge on any atom is -0.486 e. The molecule has 2 heterocycles. The number of benzene rings is 2. The largest absolute Gasteiger partial charge is 0.486 e. The number of ether oxygens (including phenoxy) is 2. The number of likely N-dealkylation sites (N-methyl/N-ethyl adjacent to an activating group) is 1. The highest BCUT2D eigenvalue weighted by Crippen LogP contribution is 2.32. The summed E-state index contributed by atoms with van der Waals surface area (Å²) in [5.74, 6) is -0.0204. The molecule has 0 spiro atoms. The maximum Gasteiger partial charge on any atom is 0.262 e. The van der Waals surface area contributed by atoms with Gasteiger partial charge in [0.1, 0.15) is 19.3 Å². The molecule has 0 aliphatic carbocycles. The van der Waals surface area contributed by atoms with Crippen LogP contribution in [0.2, 0.25) is 0 Å². The number of carbonyl (C=O) groups excluding carboxylic acids is 3. The van der Waals surface area contributed by atoms with E-state index in [1.165, 1.54) is 0 Å². The van der Waals surface area contributed by atoms with Crippen LogP contribution in [0.25, 0.3) is 0 Å². The molecule has 0 fully saturated rings. The average molecular weight is 408 g/mol. The van der Waals surface area contributed by atoms with Gasteiger partial charge in [-0.15, -0.1) is 0 Å². The number of amides is 3. The molecule has 4 rings (SSSR count). The second-order valence-electron chi connectivity index (χ2n) is 7.89. The number of carbonyl (C=O) groups is 3. The fourth-order valence-corrected chi connectivity index (χ4v) is 3.92. The van der Waals surface area contributed by atoms with E-state index < -0.39 is 17.9 Å². The zero-order valence-electron chi connectivity index (χ0n) is 17.3. The van der Waals surface area contributed by atoms with Crippen molar-refractivity contribution in [2.45, 2.75) is 26.4 Å². The highest BCUT2D eigenvalue weighted by Gasteiger charge is 2.44. The van der Waals surface area contributed by atoms with E-state index in [-0.39, 0.29) is 11.8 Å². The maximum atomic E-state index is 13.3. The van der Waals surface area contributed by atoms with Crippen molar-refractivity contribution in [3.8, 4) is 11.5 Å². The van der Waals surface area contributed by atoms with E-state index >= 15 is 0 Å². The Hall–Kier alpha value is -3.35. The van der Waals surface area contributed by atoms with Gasteiger partial charge in [0.15, 0.2) is 11.5 Å². The standard InChI is InChI=1S/C23H24N2O5/c1-14(2)20(25-21(26)16-6-4-5-7-17(16)22(25)27)23(28)24(3)13-15-8-9-18-19(12-15)30-11-10-29-18/h4-9,12,14,20H,10-11,13H2,1-3H3. The van der Waals surface area contributed by atoms with E-state index in [9.17, 15) is 14.4 Å². The zero-order chi connectivity index (χ0) is 21.4. The van der Waals surface area contributed by atoms with Crippen LogP contribution >= 0.6 is 0 Å². The van der Waals surface area contributed by atoms with Gasteiger partial charge in [-0.05, 0) is 35.7 Å². The van der Waals surface area contributed by atoms with Crippen LogP contribution in [0.4, 0.5) is 0 Å². The lowest BCUT2D eigenvalue weighted by Gasteiger charge is -2.32. The van der Waals surface area contributed by atoms with Gasteiger partial charge in [0, 0.05) is 13.6 Å². The second kappa shape index (κ2) is 7.82. The van der Waals surface area contributed by atoms with Crippen molar-refractivity contribution < 1.29 is 23.9 Å². The van der Waals surface area contributed by atoms with E-state index in [2.05, 4.69) is 0 Å². The molecule has 0 radical (unpaired) electrons. The number of hydrogen-bond donors (Lipinski definition) is 0. The lowest BCUT2D eigenvalue weighted by Crippen LogP contribution is -2.52. The molecule has 7 heteroatoms. The molecule has 3 amide bonds. The van der Waals surface area contributed by atoms with Crippen molar-refractivity contribution in [3.05, 3.63) is 59.2 Å².